The van der Waals surface area contributed by atoms with Crippen molar-refractivity contribution in [2.75, 3.05) is 40.4 Å². The molecular weight excluding hydrogens is 208 g/mol. The van der Waals surface area contributed by atoms with Gasteiger partial charge in [0.05, 0.1) is 19.3 Å². The van der Waals surface area contributed by atoms with Crippen molar-refractivity contribution < 1.29 is 14.6 Å². The van der Waals surface area contributed by atoms with Gasteiger partial charge in [-0.25, -0.2) is 0 Å². The second-order valence-corrected chi connectivity index (χ2v) is 4.55. The van der Waals surface area contributed by atoms with Crippen LogP contribution in [0.5, 0.6) is 0 Å². The lowest BCUT2D eigenvalue weighted by Gasteiger charge is -2.14. The van der Waals surface area contributed by atoms with Crippen molar-refractivity contribution in [2.24, 2.45) is 5.92 Å². The summed E-state index contributed by atoms with van der Waals surface area (Å²) in [5.74, 6) is 0.724. The molecule has 1 aliphatic rings. The average molecular weight is 230 g/mol. The van der Waals surface area contributed by atoms with Crippen LogP contribution < -0.4 is 5.32 Å². The Morgan fingerprint density at radius 1 is 1.56 bits per heavy atom. The molecule has 5 heteroatoms. The maximum Gasteiger partial charge on any atom is 0.236 e. The SMILES string of the molecule is CN(C)C(=O)CNCC(O)COCC1CC1. The van der Waals surface area contributed by atoms with E-state index in [0.717, 1.165) is 12.5 Å². The highest BCUT2D eigenvalue weighted by Gasteiger charge is 2.21. The van der Waals surface area contributed by atoms with Gasteiger partial charge in [-0.15, -0.1) is 0 Å². The zero-order valence-electron chi connectivity index (χ0n) is 10.1. The molecule has 1 aliphatic carbocycles. The number of ether oxygens (including phenoxy) is 1. The topological polar surface area (TPSA) is 61.8 Å². The number of amides is 1. The van der Waals surface area contributed by atoms with E-state index in [1.54, 1.807) is 14.1 Å². The molecule has 0 aliphatic heterocycles. The molecule has 1 rings (SSSR count). The summed E-state index contributed by atoms with van der Waals surface area (Å²) in [7, 11) is 3.42. The van der Waals surface area contributed by atoms with E-state index in [-0.39, 0.29) is 12.5 Å². The van der Waals surface area contributed by atoms with Crippen LogP contribution in [0, 0.1) is 5.92 Å². The highest BCUT2D eigenvalue weighted by atomic mass is 16.5. The molecule has 0 aromatic heterocycles. The fourth-order valence-corrected chi connectivity index (χ4v) is 1.22. The zero-order chi connectivity index (χ0) is 12.0. The highest BCUT2D eigenvalue weighted by Crippen LogP contribution is 2.28. The van der Waals surface area contributed by atoms with Gasteiger partial charge in [-0.3, -0.25) is 4.79 Å². The van der Waals surface area contributed by atoms with E-state index in [4.69, 9.17) is 4.74 Å². The molecule has 1 fully saturated rings. The minimum Gasteiger partial charge on any atom is -0.389 e. The second-order valence-electron chi connectivity index (χ2n) is 4.55. The summed E-state index contributed by atoms with van der Waals surface area (Å²) < 4.78 is 5.34. The van der Waals surface area contributed by atoms with Gasteiger partial charge in [0, 0.05) is 27.2 Å². The number of nitrogens with one attached hydrogen (secondary N) is 1. The van der Waals surface area contributed by atoms with Crippen molar-refractivity contribution in [3.63, 3.8) is 0 Å². The van der Waals surface area contributed by atoms with Crippen LogP contribution in [0.2, 0.25) is 0 Å². The Morgan fingerprint density at radius 3 is 2.81 bits per heavy atom. The molecule has 0 aromatic carbocycles. The quantitative estimate of drug-likeness (QED) is 0.587. The summed E-state index contributed by atoms with van der Waals surface area (Å²) in [6.07, 6.45) is 1.98. The molecule has 0 radical (unpaired) electrons. The second kappa shape index (κ2) is 6.83. The first-order valence-corrected chi connectivity index (χ1v) is 5.76. The van der Waals surface area contributed by atoms with Crippen molar-refractivity contribution in [2.45, 2.75) is 18.9 Å². The lowest BCUT2D eigenvalue weighted by Crippen LogP contribution is -2.38. The third kappa shape index (κ3) is 6.05. The number of aliphatic hydroxyl groups excluding tert-OH is 1. The molecule has 94 valence electrons. The predicted molar refractivity (Wildman–Crippen MR) is 61.1 cm³/mol. The maximum atomic E-state index is 11.2. The van der Waals surface area contributed by atoms with Gasteiger partial charge >= 0.3 is 0 Å². The summed E-state index contributed by atoms with van der Waals surface area (Å²) in [6.45, 7) is 1.75. The third-order valence-electron chi connectivity index (χ3n) is 2.52. The Kier molecular flexibility index (Phi) is 5.73. The molecule has 0 spiro atoms. The van der Waals surface area contributed by atoms with Crippen LogP contribution in [0.4, 0.5) is 0 Å². The Hall–Kier alpha value is -0.650. The summed E-state index contributed by atoms with van der Waals surface area (Å²) in [5, 5.41) is 12.4. The molecule has 0 saturated heterocycles. The van der Waals surface area contributed by atoms with E-state index >= 15 is 0 Å². The van der Waals surface area contributed by atoms with Crippen LogP contribution in [0.1, 0.15) is 12.8 Å². The molecule has 1 amide bonds. The van der Waals surface area contributed by atoms with Gasteiger partial charge in [0.15, 0.2) is 0 Å². The molecule has 16 heavy (non-hydrogen) atoms. The van der Waals surface area contributed by atoms with Crippen molar-refractivity contribution in [1.82, 2.24) is 10.2 Å². The Morgan fingerprint density at radius 2 is 2.25 bits per heavy atom. The molecule has 5 nitrogen and oxygen atoms in total. The van der Waals surface area contributed by atoms with Gasteiger partial charge < -0.3 is 20.1 Å². The molecule has 0 heterocycles. The van der Waals surface area contributed by atoms with E-state index in [2.05, 4.69) is 5.32 Å². The van der Waals surface area contributed by atoms with Crippen LogP contribution in [-0.4, -0.2) is 62.4 Å². The molecule has 1 unspecified atom stereocenters. The van der Waals surface area contributed by atoms with Crippen LogP contribution in [-0.2, 0) is 9.53 Å². The van der Waals surface area contributed by atoms with E-state index in [0.29, 0.717) is 13.2 Å². The van der Waals surface area contributed by atoms with Crippen molar-refractivity contribution >= 4 is 5.91 Å². The Bertz CT molecular complexity index is 217. The van der Waals surface area contributed by atoms with E-state index in [1.807, 2.05) is 0 Å². The zero-order valence-corrected chi connectivity index (χ0v) is 10.1. The Labute approximate surface area is 96.8 Å². The van der Waals surface area contributed by atoms with Gasteiger partial charge in [0.2, 0.25) is 5.91 Å². The summed E-state index contributed by atoms with van der Waals surface area (Å²) in [4.78, 5) is 12.7. The lowest BCUT2D eigenvalue weighted by atomic mass is 10.3. The van der Waals surface area contributed by atoms with Crippen LogP contribution in [0.25, 0.3) is 0 Å². The average Bonchev–Trinajstić information content (AvgIpc) is 3.01. The first kappa shape index (κ1) is 13.4. The summed E-state index contributed by atoms with van der Waals surface area (Å²) in [6, 6.07) is 0. The minimum absolute atomic E-state index is 0.00565. The molecule has 0 aromatic rings. The molecule has 0 bridgehead atoms. The number of hydrogen-bond acceptors (Lipinski definition) is 4. The standard InChI is InChI=1S/C11H22N2O3/c1-13(2)11(15)6-12-5-10(14)8-16-7-9-3-4-9/h9-10,12,14H,3-8H2,1-2H3. The Balaban J connectivity index is 1.92. The predicted octanol–water partition coefficient (Wildman–Crippen LogP) is -0.548. The fourth-order valence-electron chi connectivity index (χ4n) is 1.22. The highest BCUT2D eigenvalue weighted by molar-refractivity contribution is 5.77. The molecular formula is C11H22N2O3. The van der Waals surface area contributed by atoms with Gasteiger partial charge in [-0.1, -0.05) is 0 Å². The van der Waals surface area contributed by atoms with Gasteiger partial charge in [-0.2, -0.15) is 0 Å². The maximum absolute atomic E-state index is 11.2. The molecule has 2 N–H and O–H groups in total. The number of aliphatic hydroxyl groups is 1. The third-order valence-corrected chi connectivity index (χ3v) is 2.52. The van der Waals surface area contributed by atoms with Crippen LogP contribution >= 0.6 is 0 Å². The first-order valence-electron chi connectivity index (χ1n) is 5.76. The van der Waals surface area contributed by atoms with Crippen molar-refractivity contribution in [3.05, 3.63) is 0 Å². The summed E-state index contributed by atoms with van der Waals surface area (Å²) in [5.41, 5.74) is 0. The van der Waals surface area contributed by atoms with Crippen molar-refractivity contribution in [1.29, 1.82) is 0 Å². The van der Waals surface area contributed by atoms with E-state index in [1.165, 1.54) is 17.7 Å². The van der Waals surface area contributed by atoms with Gasteiger partial charge in [0.1, 0.15) is 0 Å². The van der Waals surface area contributed by atoms with Crippen molar-refractivity contribution in [3.8, 4) is 0 Å². The normalized spacial score (nSPS) is 17.2. The monoisotopic (exact) mass is 230 g/mol. The number of nitrogens with zero attached hydrogens (tertiary/aromatic N) is 1. The minimum atomic E-state index is -0.534. The number of carbonyl (C=O) groups is 1. The van der Waals surface area contributed by atoms with E-state index < -0.39 is 6.10 Å². The van der Waals surface area contributed by atoms with Crippen LogP contribution in [0.3, 0.4) is 0 Å². The van der Waals surface area contributed by atoms with Gasteiger partial charge in [-0.05, 0) is 18.8 Å². The fraction of sp³-hybridized carbons (Fsp3) is 0.909. The number of hydrogen-bond donors (Lipinski definition) is 2. The van der Waals surface area contributed by atoms with Crippen LogP contribution in [0.15, 0.2) is 0 Å². The number of rotatable bonds is 8. The lowest BCUT2D eigenvalue weighted by molar-refractivity contribution is -0.127. The smallest absolute Gasteiger partial charge is 0.236 e. The summed E-state index contributed by atoms with van der Waals surface area (Å²) >= 11 is 0. The largest absolute Gasteiger partial charge is 0.389 e. The molecule has 1 saturated carbocycles. The first-order chi connectivity index (χ1) is 7.59. The van der Waals surface area contributed by atoms with E-state index in [9.17, 15) is 9.90 Å². The van der Waals surface area contributed by atoms with Gasteiger partial charge in [0.25, 0.3) is 0 Å². The number of carbonyl (C=O) groups excluding carboxylic acids is 1. The number of likely N-dealkylation sites (N-methyl/N-ethyl adjacent to an activating group) is 1. The molecule has 1 atom stereocenters.